The molecular weight excluding hydrogens is 699 g/mol. The van der Waals surface area contributed by atoms with E-state index in [4.69, 9.17) is 10.5 Å². The molecule has 9 heteroatoms. The molecule has 0 aliphatic carbocycles. The highest BCUT2D eigenvalue weighted by molar-refractivity contribution is 7.04. The Hall–Kier alpha value is -3.72. The topological polar surface area (TPSA) is 116 Å². The number of carbonyl (C=O) groups excluding carboxylic acids is 1. The molecule has 8 nitrogen and oxygen atoms in total. The van der Waals surface area contributed by atoms with Crippen molar-refractivity contribution in [1.82, 2.24) is 19.5 Å². The molecule has 0 spiro atoms. The lowest BCUT2D eigenvalue weighted by molar-refractivity contribution is -0.145. The molecule has 0 saturated heterocycles. The van der Waals surface area contributed by atoms with Crippen LogP contribution in [-0.2, 0) is 16.1 Å². The number of imidazole rings is 1. The molecule has 0 unspecified atom stereocenters. The summed E-state index contributed by atoms with van der Waals surface area (Å²) in [6.07, 6.45) is 25.2. The zero-order chi connectivity index (χ0) is 39.4. The van der Waals surface area contributed by atoms with E-state index in [-0.39, 0.29) is 33.9 Å². The molecule has 2 aromatic carbocycles. The SMILES string of the molecule is CCCCCCCCCCCCCCCCCCCC(=O)OC[C@H](CC[Si](c1ccccc1)(c1ccccc1)C(C)(C)C)Cn1cnc2c(=O)[nH]c(N)nc21. The maximum atomic E-state index is 13.1. The number of H-pyrrole nitrogens is 1. The molecule has 1 atom stereocenters. The number of aromatic amines is 1. The van der Waals surface area contributed by atoms with Gasteiger partial charge in [-0.3, -0.25) is 14.6 Å². The summed E-state index contributed by atoms with van der Waals surface area (Å²) >= 11 is 0. The maximum Gasteiger partial charge on any atom is 0.305 e. The van der Waals surface area contributed by atoms with Gasteiger partial charge in [-0.05, 0) is 23.9 Å². The molecule has 0 amide bonds. The van der Waals surface area contributed by atoms with E-state index in [0.29, 0.717) is 25.2 Å². The van der Waals surface area contributed by atoms with Gasteiger partial charge in [0.15, 0.2) is 11.2 Å². The minimum Gasteiger partial charge on any atom is -0.465 e. The van der Waals surface area contributed by atoms with Crippen LogP contribution in [0.15, 0.2) is 71.8 Å². The molecule has 55 heavy (non-hydrogen) atoms. The van der Waals surface area contributed by atoms with Crippen LogP contribution < -0.4 is 21.7 Å². The number of aromatic nitrogens is 4. The Kier molecular flexibility index (Phi) is 18.7. The molecule has 302 valence electrons. The van der Waals surface area contributed by atoms with Crippen LogP contribution in [0.3, 0.4) is 0 Å². The van der Waals surface area contributed by atoms with Gasteiger partial charge in [0.05, 0.1) is 12.9 Å². The Morgan fingerprint density at radius 1 is 0.782 bits per heavy atom. The number of nitrogen functional groups attached to an aromatic ring is 1. The molecule has 3 N–H and O–H groups in total. The van der Waals surface area contributed by atoms with E-state index in [9.17, 15) is 9.59 Å². The highest BCUT2D eigenvalue weighted by Gasteiger charge is 2.47. The average Bonchev–Trinajstić information content (AvgIpc) is 3.57. The zero-order valence-corrected chi connectivity index (χ0v) is 35.6. The van der Waals surface area contributed by atoms with Crippen molar-refractivity contribution in [2.45, 2.75) is 167 Å². The number of nitrogens with one attached hydrogen (secondary N) is 1. The van der Waals surface area contributed by atoms with Gasteiger partial charge in [0.1, 0.15) is 8.07 Å². The summed E-state index contributed by atoms with van der Waals surface area (Å²) in [4.78, 5) is 37.0. The number of fused-ring (bicyclic) bond motifs is 1. The van der Waals surface area contributed by atoms with Gasteiger partial charge in [-0.15, -0.1) is 0 Å². The molecule has 2 heterocycles. The highest BCUT2D eigenvalue weighted by atomic mass is 28.3. The number of esters is 1. The third-order valence-electron chi connectivity index (χ3n) is 11.7. The molecule has 0 aliphatic rings. The smallest absolute Gasteiger partial charge is 0.305 e. The minimum absolute atomic E-state index is 0.00881. The van der Waals surface area contributed by atoms with Gasteiger partial charge in [-0.1, -0.05) is 201 Å². The van der Waals surface area contributed by atoms with Gasteiger partial charge in [-0.25, -0.2) is 4.98 Å². The molecule has 4 aromatic rings. The molecule has 4 rings (SSSR count). The first-order valence-electron chi connectivity index (χ1n) is 21.6. The van der Waals surface area contributed by atoms with Crippen LogP contribution in [0, 0.1) is 5.92 Å². The van der Waals surface area contributed by atoms with Crippen molar-refractivity contribution in [2.24, 2.45) is 5.92 Å². The first kappa shape index (κ1) is 44.0. The maximum absolute atomic E-state index is 13.1. The van der Waals surface area contributed by atoms with Crippen LogP contribution in [0.1, 0.15) is 150 Å². The van der Waals surface area contributed by atoms with E-state index in [1.165, 1.54) is 107 Å². The predicted octanol–water partition coefficient (Wildman–Crippen LogP) is 10.4. The summed E-state index contributed by atoms with van der Waals surface area (Å²) in [5.41, 5.74) is 6.29. The summed E-state index contributed by atoms with van der Waals surface area (Å²) in [5, 5.41) is 2.81. The van der Waals surface area contributed by atoms with Gasteiger partial charge in [0.2, 0.25) is 5.95 Å². The van der Waals surface area contributed by atoms with Crippen LogP contribution in [0.2, 0.25) is 11.1 Å². The lowest BCUT2D eigenvalue weighted by Crippen LogP contribution is -2.64. The Morgan fingerprint density at radius 3 is 1.76 bits per heavy atom. The molecule has 0 saturated carbocycles. The number of anilines is 1. The van der Waals surface area contributed by atoms with Gasteiger partial charge in [0, 0.05) is 18.9 Å². The quantitative estimate of drug-likeness (QED) is 0.0354. The van der Waals surface area contributed by atoms with Crippen molar-refractivity contribution in [3.8, 4) is 0 Å². The molecule has 0 aliphatic heterocycles. The summed E-state index contributed by atoms with van der Waals surface area (Å²) in [5.74, 6) is -0.0878. The van der Waals surface area contributed by atoms with Gasteiger partial charge in [-0.2, -0.15) is 4.98 Å². The number of rotatable bonds is 27. The van der Waals surface area contributed by atoms with E-state index in [2.05, 4.69) is 103 Å². The van der Waals surface area contributed by atoms with Crippen molar-refractivity contribution < 1.29 is 9.53 Å². The Bertz CT molecular complexity index is 1680. The number of nitrogens with two attached hydrogens (primary N) is 1. The lowest BCUT2D eigenvalue weighted by atomic mass is 10.0. The number of nitrogens with zero attached hydrogens (tertiary/aromatic N) is 3. The normalized spacial score (nSPS) is 12.7. The van der Waals surface area contributed by atoms with Crippen molar-refractivity contribution in [3.05, 3.63) is 77.3 Å². The third-order valence-corrected chi connectivity index (χ3v) is 17.9. The van der Waals surface area contributed by atoms with E-state index < -0.39 is 8.07 Å². The van der Waals surface area contributed by atoms with Crippen molar-refractivity contribution in [3.63, 3.8) is 0 Å². The van der Waals surface area contributed by atoms with Crippen LogP contribution in [0.25, 0.3) is 11.2 Å². The van der Waals surface area contributed by atoms with E-state index >= 15 is 0 Å². The van der Waals surface area contributed by atoms with Crippen LogP contribution in [-0.4, -0.2) is 40.2 Å². The first-order chi connectivity index (χ1) is 26.7. The second-order valence-corrected chi connectivity index (χ2v) is 21.9. The fourth-order valence-electron chi connectivity index (χ4n) is 8.45. The number of hydrogen-bond donors (Lipinski definition) is 2. The van der Waals surface area contributed by atoms with Crippen molar-refractivity contribution >= 4 is 41.5 Å². The second-order valence-electron chi connectivity index (χ2n) is 16.9. The van der Waals surface area contributed by atoms with E-state index in [1.807, 2.05) is 4.57 Å². The fraction of sp³-hybridized carbons (Fsp3) is 0.609. The summed E-state index contributed by atoms with van der Waals surface area (Å²) in [6.45, 7) is 10.2. The molecule has 0 fully saturated rings. The predicted molar refractivity (Wildman–Crippen MR) is 233 cm³/mol. The monoisotopic (exact) mass is 770 g/mol. The molecule has 2 aromatic heterocycles. The van der Waals surface area contributed by atoms with E-state index in [1.54, 1.807) is 6.33 Å². The number of carbonyl (C=O) groups is 1. The Morgan fingerprint density at radius 2 is 1.27 bits per heavy atom. The number of hydrogen-bond acceptors (Lipinski definition) is 6. The minimum atomic E-state index is -2.35. The number of ether oxygens (including phenoxy) is 1. The largest absolute Gasteiger partial charge is 0.465 e. The standard InChI is InChI=1S/C46H71N5O3Si/c1-5-6-7-8-9-10-11-12-13-14-15-16-17-18-19-20-27-32-41(52)54-36-38(35-51-37-48-42-43(51)49-45(47)50-44(42)53)33-34-55(46(2,3)4,39-28-23-21-24-29-39)40-30-25-22-26-31-40/h21-26,28-31,37-38H,5-20,27,32-36H2,1-4H3,(H3,47,49,50,53)/t38-/m1/s1. The molecule has 0 radical (unpaired) electrons. The second kappa shape index (κ2) is 23.4. The summed E-state index contributed by atoms with van der Waals surface area (Å²) in [7, 11) is -2.35. The molecular formula is C46H71N5O3Si. The lowest BCUT2D eigenvalue weighted by Gasteiger charge is -2.45. The van der Waals surface area contributed by atoms with Crippen LogP contribution in [0.4, 0.5) is 5.95 Å². The summed E-state index contributed by atoms with van der Waals surface area (Å²) < 4.78 is 7.92. The van der Waals surface area contributed by atoms with Crippen molar-refractivity contribution in [2.75, 3.05) is 12.3 Å². The fourth-order valence-corrected chi connectivity index (χ4v) is 14.2. The van der Waals surface area contributed by atoms with Gasteiger partial charge in [0.25, 0.3) is 5.56 Å². The average molecular weight is 770 g/mol. The number of benzene rings is 2. The Balaban J connectivity index is 1.28. The van der Waals surface area contributed by atoms with E-state index in [0.717, 1.165) is 25.3 Å². The van der Waals surface area contributed by atoms with Gasteiger partial charge < -0.3 is 15.0 Å². The molecule has 0 bridgehead atoms. The van der Waals surface area contributed by atoms with Crippen molar-refractivity contribution in [1.29, 1.82) is 0 Å². The zero-order valence-electron chi connectivity index (χ0n) is 34.6. The number of unbranched alkanes of at least 4 members (excludes halogenated alkanes) is 16. The third kappa shape index (κ3) is 13.8. The van der Waals surface area contributed by atoms with Crippen LogP contribution in [0.5, 0.6) is 0 Å². The van der Waals surface area contributed by atoms with Crippen LogP contribution >= 0.6 is 0 Å². The van der Waals surface area contributed by atoms with Gasteiger partial charge >= 0.3 is 5.97 Å². The Labute approximate surface area is 332 Å². The summed E-state index contributed by atoms with van der Waals surface area (Å²) in [6, 6.07) is 22.9. The highest BCUT2D eigenvalue weighted by Crippen LogP contribution is 2.40. The first-order valence-corrected chi connectivity index (χ1v) is 23.8.